The van der Waals surface area contributed by atoms with E-state index in [0.717, 1.165) is 44.2 Å². The second-order valence-electron chi connectivity index (χ2n) is 8.33. The molecule has 0 saturated heterocycles. The molecule has 0 aliphatic heterocycles. The average molecular weight is 421 g/mol. The van der Waals surface area contributed by atoms with Crippen molar-refractivity contribution in [1.29, 1.82) is 0 Å². The van der Waals surface area contributed by atoms with Crippen molar-refractivity contribution in [2.24, 2.45) is 0 Å². The highest BCUT2D eigenvalue weighted by Crippen LogP contribution is 2.23. The largest absolute Gasteiger partial charge is 0.338 e. The molecule has 0 spiro atoms. The van der Waals surface area contributed by atoms with Gasteiger partial charge in [0.1, 0.15) is 0 Å². The van der Waals surface area contributed by atoms with E-state index in [0.29, 0.717) is 6.54 Å². The van der Waals surface area contributed by atoms with Gasteiger partial charge in [0, 0.05) is 18.5 Å². The number of nitrogens with one attached hydrogen (secondary N) is 3. The first-order valence-electron chi connectivity index (χ1n) is 12.3. The van der Waals surface area contributed by atoms with Crippen LogP contribution in [0.2, 0.25) is 0 Å². The predicted molar refractivity (Wildman–Crippen MR) is 126 cm³/mol. The Morgan fingerprint density at radius 1 is 0.933 bits per heavy atom. The summed E-state index contributed by atoms with van der Waals surface area (Å²) in [5.41, 5.74) is 0.541. The van der Waals surface area contributed by atoms with Gasteiger partial charge in [-0.3, -0.25) is 15.1 Å². The standard InChI is InChI=1S/C24H44N4O2/c1-4-7-9-10-11-12-13-14-15-16-18-25-24(30)28-23-26-21(19-22(29)27-23)20(6-3)17-8-5-2/h19-20H,4-18H2,1-3H3,(H3,25,26,27,28,29,30). The molecular formula is C24H44N4O2. The Morgan fingerprint density at radius 3 is 2.13 bits per heavy atom. The molecule has 3 N–H and O–H groups in total. The third-order valence-corrected chi connectivity index (χ3v) is 5.63. The molecule has 0 saturated carbocycles. The molecule has 30 heavy (non-hydrogen) atoms. The predicted octanol–water partition coefficient (Wildman–Crippen LogP) is 6.50. The van der Waals surface area contributed by atoms with Gasteiger partial charge >= 0.3 is 6.03 Å². The van der Waals surface area contributed by atoms with Crippen LogP contribution in [0, 0.1) is 0 Å². The normalized spacial score (nSPS) is 12.0. The number of hydrogen-bond donors (Lipinski definition) is 3. The topological polar surface area (TPSA) is 86.9 Å². The Kier molecular flexibility index (Phi) is 14.7. The van der Waals surface area contributed by atoms with Crippen LogP contribution in [0.5, 0.6) is 0 Å². The van der Waals surface area contributed by atoms with Crippen LogP contribution in [0.4, 0.5) is 10.7 Å². The van der Waals surface area contributed by atoms with Crippen LogP contribution in [-0.2, 0) is 0 Å². The van der Waals surface area contributed by atoms with Gasteiger partial charge in [0.25, 0.3) is 5.56 Å². The first-order valence-corrected chi connectivity index (χ1v) is 12.3. The van der Waals surface area contributed by atoms with Crippen LogP contribution in [0.3, 0.4) is 0 Å². The van der Waals surface area contributed by atoms with Gasteiger partial charge in [0.05, 0.1) is 5.69 Å². The minimum absolute atomic E-state index is 0.222. The summed E-state index contributed by atoms with van der Waals surface area (Å²) in [6, 6.07) is 1.24. The van der Waals surface area contributed by atoms with Crippen molar-refractivity contribution in [2.45, 2.75) is 117 Å². The van der Waals surface area contributed by atoms with Crippen molar-refractivity contribution in [1.82, 2.24) is 15.3 Å². The van der Waals surface area contributed by atoms with Crippen LogP contribution in [0.15, 0.2) is 10.9 Å². The number of urea groups is 1. The minimum Gasteiger partial charge on any atom is -0.338 e. The van der Waals surface area contributed by atoms with Gasteiger partial charge in [-0.15, -0.1) is 0 Å². The number of unbranched alkanes of at least 4 members (excludes halogenated alkanes) is 10. The molecule has 0 fully saturated rings. The van der Waals surface area contributed by atoms with E-state index in [2.05, 4.69) is 41.4 Å². The van der Waals surface area contributed by atoms with E-state index in [-0.39, 0.29) is 23.5 Å². The fraction of sp³-hybridized carbons (Fsp3) is 0.792. The van der Waals surface area contributed by atoms with Gasteiger partial charge in [-0.1, -0.05) is 91.4 Å². The Morgan fingerprint density at radius 2 is 1.53 bits per heavy atom. The van der Waals surface area contributed by atoms with Crippen LogP contribution in [0.1, 0.15) is 122 Å². The molecule has 1 atom stereocenters. The SMILES string of the molecule is CCCCCCCCCCCCNC(=O)Nc1nc(C(CC)CCCC)cc(=O)[nH]1. The number of hydrogen-bond acceptors (Lipinski definition) is 3. The van der Waals surface area contributed by atoms with Crippen molar-refractivity contribution in [2.75, 3.05) is 11.9 Å². The molecule has 1 aromatic rings. The lowest BCUT2D eigenvalue weighted by atomic mass is 9.96. The summed E-state index contributed by atoms with van der Waals surface area (Å²) < 4.78 is 0. The minimum atomic E-state index is -0.312. The van der Waals surface area contributed by atoms with Crippen LogP contribution in [-0.4, -0.2) is 22.5 Å². The Labute approximate surface area is 183 Å². The second kappa shape index (κ2) is 16.9. The molecule has 0 bridgehead atoms. The quantitative estimate of drug-likeness (QED) is 0.251. The number of anilines is 1. The Bertz CT molecular complexity index is 630. The summed E-state index contributed by atoms with van der Waals surface area (Å²) in [6.07, 6.45) is 16.9. The lowest BCUT2D eigenvalue weighted by Crippen LogP contribution is -2.31. The zero-order valence-corrected chi connectivity index (χ0v) is 19.5. The van der Waals surface area contributed by atoms with Gasteiger partial charge in [0.2, 0.25) is 5.95 Å². The van der Waals surface area contributed by atoms with Gasteiger partial charge in [-0.05, 0) is 19.3 Å². The lowest BCUT2D eigenvalue weighted by molar-refractivity contribution is 0.251. The van der Waals surface area contributed by atoms with Gasteiger partial charge < -0.3 is 5.32 Å². The summed E-state index contributed by atoms with van der Waals surface area (Å²) in [5.74, 6) is 0.482. The van der Waals surface area contributed by atoms with Crippen molar-refractivity contribution < 1.29 is 4.79 Å². The van der Waals surface area contributed by atoms with Gasteiger partial charge in [0.15, 0.2) is 0 Å². The third-order valence-electron chi connectivity index (χ3n) is 5.63. The summed E-state index contributed by atoms with van der Waals surface area (Å²) in [5, 5.41) is 5.54. The molecule has 2 amide bonds. The Hall–Kier alpha value is -1.85. The maximum Gasteiger partial charge on any atom is 0.321 e. The van der Waals surface area contributed by atoms with Crippen molar-refractivity contribution in [3.05, 3.63) is 22.1 Å². The van der Waals surface area contributed by atoms with Crippen LogP contribution < -0.4 is 16.2 Å². The first-order chi connectivity index (χ1) is 14.6. The van der Waals surface area contributed by atoms with E-state index < -0.39 is 0 Å². The molecule has 0 aromatic carbocycles. The summed E-state index contributed by atoms with van der Waals surface area (Å²) in [4.78, 5) is 31.2. The van der Waals surface area contributed by atoms with E-state index >= 15 is 0 Å². The number of nitrogens with zero attached hydrogens (tertiary/aromatic N) is 1. The second-order valence-corrected chi connectivity index (χ2v) is 8.33. The Balaban J connectivity index is 2.26. The van der Waals surface area contributed by atoms with E-state index in [1.165, 1.54) is 51.4 Å². The van der Waals surface area contributed by atoms with E-state index in [9.17, 15) is 9.59 Å². The fourth-order valence-electron chi connectivity index (χ4n) is 3.72. The highest BCUT2D eigenvalue weighted by Gasteiger charge is 2.13. The highest BCUT2D eigenvalue weighted by molar-refractivity contribution is 5.87. The third kappa shape index (κ3) is 12.0. The fourth-order valence-corrected chi connectivity index (χ4v) is 3.72. The average Bonchev–Trinajstić information content (AvgIpc) is 2.72. The molecule has 0 aliphatic carbocycles. The van der Waals surface area contributed by atoms with Crippen molar-refractivity contribution in [3.8, 4) is 0 Å². The number of aromatic amines is 1. The maximum absolute atomic E-state index is 12.1. The molecule has 1 heterocycles. The molecule has 0 radical (unpaired) electrons. The summed E-state index contributed by atoms with van der Waals surface area (Å²) in [7, 11) is 0. The molecule has 1 unspecified atom stereocenters. The number of carbonyl (C=O) groups excluding carboxylic acids is 1. The van der Waals surface area contributed by atoms with E-state index in [1.54, 1.807) is 6.07 Å². The van der Waals surface area contributed by atoms with E-state index in [1.807, 2.05) is 0 Å². The number of carbonyl (C=O) groups is 1. The monoisotopic (exact) mass is 420 g/mol. The molecule has 6 nitrogen and oxygen atoms in total. The van der Waals surface area contributed by atoms with Crippen LogP contribution in [0.25, 0.3) is 0 Å². The number of aromatic nitrogens is 2. The lowest BCUT2D eigenvalue weighted by Gasteiger charge is -2.14. The first kappa shape index (κ1) is 26.2. The number of H-pyrrole nitrogens is 1. The molecule has 172 valence electrons. The molecule has 1 aromatic heterocycles. The number of rotatable bonds is 17. The van der Waals surface area contributed by atoms with Crippen molar-refractivity contribution >= 4 is 12.0 Å². The maximum atomic E-state index is 12.1. The van der Waals surface area contributed by atoms with Gasteiger partial charge in [-0.2, -0.15) is 0 Å². The molecule has 0 aliphatic rings. The number of amides is 2. The summed E-state index contributed by atoms with van der Waals surface area (Å²) >= 11 is 0. The van der Waals surface area contributed by atoms with Gasteiger partial charge in [-0.25, -0.2) is 9.78 Å². The zero-order valence-electron chi connectivity index (χ0n) is 19.5. The smallest absolute Gasteiger partial charge is 0.321 e. The molecule has 6 heteroatoms. The van der Waals surface area contributed by atoms with Crippen LogP contribution >= 0.6 is 0 Å². The van der Waals surface area contributed by atoms with E-state index in [4.69, 9.17) is 0 Å². The summed E-state index contributed by atoms with van der Waals surface area (Å²) in [6.45, 7) is 7.15. The zero-order chi connectivity index (χ0) is 22.0. The molecular weight excluding hydrogens is 376 g/mol. The van der Waals surface area contributed by atoms with Crippen molar-refractivity contribution in [3.63, 3.8) is 0 Å². The highest BCUT2D eigenvalue weighted by atomic mass is 16.2. The molecule has 1 rings (SSSR count).